The molecular formula is C20H30N2O5. The molecule has 1 aromatic rings. The summed E-state index contributed by atoms with van der Waals surface area (Å²) in [6, 6.07) is 6.99. The van der Waals surface area contributed by atoms with E-state index in [9.17, 15) is 14.7 Å². The van der Waals surface area contributed by atoms with Crippen molar-refractivity contribution in [3.63, 3.8) is 0 Å². The molecular weight excluding hydrogens is 348 g/mol. The first-order valence-corrected chi connectivity index (χ1v) is 9.09. The third kappa shape index (κ3) is 5.85. The summed E-state index contributed by atoms with van der Waals surface area (Å²) in [6.45, 7) is 11.2. The number of hydrogen-bond donors (Lipinski definition) is 2. The second kappa shape index (κ2) is 7.38. The molecule has 2 rings (SSSR count). The smallest absolute Gasteiger partial charge is 0.412 e. The van der Waals surface area contributed by atoms with Crippen LogP contribution in [0.15, 0.2) is 24.3 Å². The topological polar surface area (TPSA) is 88.1 Å². The van der Waals surface area contributed by atoms with Crippen LogP contribution in [0.4, 0.5) is 15.3 Å². The van der Waals surface area contributed by atoms with Crippen LogP contribution in [0, 0.1) is 0 Å². The van der Waals surface area contributed by atoms with Crippen molar-refractivity contribution in [2.45, 2.75) is 64.8 Å². The standard InChI is InChI=1S/C20H30N2O5/c1-18(2,3)26-16(23)21-15-10-8-7-9-14(15)20(25)11-12-22(13-20)17(24)27-19(4,5)6/h7-10,25H,11-13H2,1-6H3,(H,21,23). The maximum absolute atomic E-state index is 12.3. The van der Waals surface area contributed by atoms with E-state index in [2.05, 4.69) is 5.32 Å². The van der Waals surface area contributed by atoms with Gasteiger partial charge in [0.1, 0.15) is 16.8 Å². The molecule has 0 bridgehead atoms. The molecule has 0 radical (unpaired) electrons. The van der Waals surface area contributed by atoms with Gasteiger partial charge in [-0.25, -0.2) is 9.59 Å². The Labute approximate surface area is 160 Å². The molecule has 0 spiro atoms. The highest BCUT2D eigenvalue weighted by Gasteiger charge is 2.42. The number of carbonyl (C=O) groups is 2. The fourth-order valence-electron chi connectivity index (χ4n) is 2.91. The summed E-state index contributed by atoms with van der Waals surface area (Å²) in [5.41, 5.74) is -1.50. The molecule has 1 heterocycles. The lowest BCUT2D eigenvalue weighted by molar-refractivity contribution is 0.0141. The Hall–Kier alpha value is -2.28. The Morgan fingerprint density at radius 3 is 2.26 bits per heavy atom. The summed E-state index contributed by atoms with van der Waals surface area (Å²) in [5.74, 6) is 0. The van der Waals surface area contributed by atoms with Crippen molar-refractivity contribution in [2.24, 2.45) is 0 Å². The first kappa shape index (κ1) is 21.0. The van der Waals surface area contributed by atoms with Crippen molar-refractivity contribution in [3.05, 3.63) is 29.8 Å². The number of amides is 2. The van der Waals surface area contributed by atoms with E-state index in [1.165, 1.54) is 4.90 Å². The van der Waals surface area contributed by atoms with Crippen LogP contribution < -0.4 is 5.32 Å². The minimum atomic E-state index is -1.28. The quantitative estimate of drug-likeness (QED) is 0.816. The summed E-state index contributed by atoms with van der Waals surface area (Å²) >= 11 is 0. The van der Waals surface area contributed by atoms with E-state index in [1.807, 2.05) is 0 Å². The van der Waals surface area contributed by atoms with E-state index in [-0.39, 0.29) is 6.54 Å². The van der Waals surface area contributed by atoms with Crippen molar-refractivity contribution in [2.75, 3.05) is 18.4 Å². The van der Waals surface area contributed by atoms with E-state index >= 15 is 0 Å². The van der Waals surface area contributed by atoms with Crippen LogP contribution in [0.2, 0.25) is 0 Å². The average Bonchev–Trinajstić information content (AvgIpc) is 2.88. The number of hydrogen-bond acceptors (Lipinski definition) is 5. The molecule has 0 saturated carbocycles. The van der Waals surface area contributed by atoms with Crippen LogP contribution in [0.1, 0.15) is 53.5 Å². The zero-order valence-electron chi connectivity index (χ0n) is 17.0. The van der Waals surface area contributed by atoms with Crippen LogP contribution in [0.3, 0.4) is 0 Å². The number of benzene rings is 1. The van der Waals surface area contributed by atoms with Crippen LogP contribution in [0.25, 0.3) is 0 Å². The molecule has 27 heavy (non-hydrogen) atoms. The average molecular weight is 378 g/mol. The third-order valence-electron chi connectivity index (χ3n) is 3.96. The van der Waals surface area contributed by atoms with Gasteiger partial charge in [0.2, 0.25) is 0 Å². The number of carbonyl (C=O) groups excluding carboxylic acids is 2. The van der Waals surface area contributed by atoms with Gasteiger partial charge >= 0.3 is 12.2 Å². The Balaban J connectivity index is 2.16. The van der Waals surface area contributed by atoms with Gasteiger partial charge in [0, 0.05) is 12.1 Å². The summed E-state index contributed by atoms with van der Waals surface area (Å²) < 4.78 is 10.7. The van der Waals surface area contributed by atoms with Crippen molar-refractivity contribution >= 4 is 17.9 Å². The molecule has 150 valence electrons. The molecule has 2 N–H and O–H groups in total. The van der Waals surface area contributed by atoms with E-state index < -0.39 is 29.0 Å². The van der Waals surface area contributed by atoms with Crippen molar-refractivity contribution in [3.8, 4) is 0 Å². The van der Waals surface area contributed by atoms with E-state index in [0.717, 1.165) is 0 Å². The number of para-hydroxylation sites is 1. The molecule has 1 saturated heterocycles. The predicted octanol–water partition coefficient (Wildman–Crippen LogP) is 3.86. The Morgan fingerprint density at radius 1 is 1.07 bits per heavy atom. The summed E-state index contributed by atoms with van der Waals surface area (Å²) in [5, 5.41) is 13.9. The van der Waals surface area contributed by atoms with E-state index in [0.29, 0.717) is 24.2 Å². The second-order valence-corrected chi connectivity index (χ2v) is 8.86. The molecule has 1 aliphatic heterocycles. The zero-order valence-corrected chi connectivity index (χ0v) is 17.0. The minimum absolute atomic E-state index is 0.0922. The highest BCUT2D eigenvalue weighted by atomic mass is 16.6. The lowest BCUT2D eigenvalue weighted by Crippen LogP contribution is -2.38. The van der Waals surface area contributed by atoms with Crippen molar-refractivity contribution in [1.82, 2.24) is 4.90 Å². The molecule has 0 aliphatic carbocycles. The first-order valence-electron chi connectivity index (χ1n) is 9.09. The molecule has 1 aromatic carbocycles. The normalized spacial score (nSPS) is 20.3. The number of anilines is 1. The van der Waals surface area contributed by atoms with Gasteiger partial charge in [-0.05, 0) is 54.0 Å². The van der Waals surface area contributed by atoms with Gasteiger partial charge in [0.25, 0.3) is 0 Å². The highest BCUT2D eigenvalue weighted by molar-refractivity contribution is 5.86. The summed E-state index contributed by atoms with van der Waals surface area (Å²) in [7, 11) is 0. The fraction of sp³-hybridized carbons (Fsp3) is 0.600. The molecule has 1 fully saturated rings. The molecule has 1 unspecified atom stereocenters. The fourth-order valence-corrected chi connectivity index (χ4v) is 2.91. The second-order valence-electron chi connectivity index (χ2n) is 8.86. The lowest BCUT2D eigenvalue weighted by atomic mass is 9.91. The number of nitrogens with one attached hydrogen (secondary N) is 1. The van der Waals surface area contributed by atoms with Crippen LogP contribution >= 0.6 is 0 Å². The van der Waals surface area contributed by atoms with Gasteiger partial charge in [0.05, 0.1) is 12.2 Å². The van der Waals surface area contributed by atoms with Crippen LogP contribution in [0.5, 0.6) is 0 Å². The molecule has 1 aliphatic rings. The van der Waals surface area contributed by atoms with Crippen LogP contribution in [-0.4, -0.2) is 46.5 Å². The molecule has 0 aromatic heterocycles. The predicted molar refractivity (Wildman–Crippen MR) is 103 cm³/mol. The number of rotatable bonds is 2. The maximum atomic E-state index is 12.3. The SMILES string of the molecule is CC(C)(C)OC(=O)Nc1ccccc1C1(O)CCN(C(=O)OC(C)(C)C)C1. The Kier molecular flexibility index (Phi) is 5.75. The molecule has 2 amide bonds. The lowest BCUT2D eigenvalue weighted by Gasteiger charge is -2.28. The number of ether oxygens (including phenoxy) is 2. The third-order valence-corrected chi connectivity index (χ3v) is 3.96. The van der Waals surface area contributed by atoms with Gasteiger partial charge in [-0.15, -0.1) is 0 Å². The number of likely N-dealkylation sites (tertiary alicyclic amines) is 1. The summed E-state index contributed by atoms with van der Waals surface area (Å²) in [6.07, 6.45) is -0.712. The van der Waals surface area contributed by atoms with Gasteiger partial charge < -0.3 is 19.5 Å². The Bertz CT molecular complexity index is 705. The Morgan fingerprint density at radius 2 is 1.67 bits per heavy atom. The van der Waals surface area contributed by atoms with Gasteiger partial charge in [-0.3, -0.25) is 5.32 Å². The maximum Gasteiger partial charge on any atom is 0.412 e. The van der Waals surface area contributed by atoms with E-state index in [4.69, 9.17) is 9.47 Å². The van der Waals surface area contributed by atoms with Gasteiger partial charge in [-0.1, -0.05) is 18.2 Å². The number of aliphatic hydroxyl groups is 1. The van der Waals surface area contributed by atoms with Crippen molar-refractivity contribution < 1.29 is 24.2 Å². The van der Waals surface area contributed by atoms with Gasteiger partial charge in [-0.2, -0.15) is 0 Å². The highest BCUT2D eigenvalue weighted by Crippen LogP contribution is 2.37. The minimum Gasteiger partial charge on any atom is -0.444 e. The summed E-state index contributed by atoms with van der Waals surface area (Å²) in [4.78, 5) is 25.9. The molecule has 7 nitrogen and oxygen atoms in total. The van der Waals surface area contributed by atoms with E-state index in [1.54, 1.807) is 65.8 Å². The van der Waals surface area contributed by atoms with Gasteiger partial charge in [0.15, 0.2) is 0 Å². The van der Waals surface area contributed by atoms with Crippen LogP contribution in [-0.2, 0) is 15.1 Å². The molecule has 7 heteroatoms. The monoisotopic (exact) mass is 378 g/mol. The number of nitrogens with zero attached hydrogens (tertiary/aromatic N) is 1. The number of β-amino-alcohol motifs (C(OH)–C–C–N with tert-alkyl or cyclic N) is 1. The largest absolute Gasteiger partial charge is 0.444 e. The first-order chi connectivity index (χ1) is 12.3. The zero-order chi connectivity index (χ0) is 20.5. The van der Waals surface area contributed by atoms with Crippen molar-refractivity contribution in [1.29, 1.82) is 0 Å². The molecule has 1 atom stereocenters.